The van der Waals surface area contributed by atoms with Gasteiger partial charge in [0.05, 0.1) is 25.0 Å². The van der Waals surface area contributed by atoms with E-state index in [1.54, 1.807) is 7.11 Å². The van der Waals surface area contributed by atoms with Crippen molar-refractivity contribution in [2.75, 3.05) is 12.4 Å². The molecule has 1 amide bonds. The number of hydrogen-bond donors (Lipinski definition) is 2. The van der Waals surface area contributed by atoms with Gasteiger partial charge in [-0.15, -0.1) is 0 Å². The molecule has 0 spiro atoms. The molecule has 27 heavy (non-hydrogen) atoms. The fourth-order valence-corrected chi connectivity index (χ4v) is 3.26. The smallest absolute Gasteiger partial charge is 0.276 e. The molecule has 0 radical (unpaired) electrons. The van der Waals surface area contributed by atoms with Crippen molar-refractivity contribution in [1.82, 2.24) is 15.1 Å². The number of benzene rings is 2. The summed E-state index contributed by atoms with van der Waals surface area (Å²) in [6.45, 7) is 3.58. The van der Waals surface area contributed by atoms with Gasteiger partial charge >= 0.3 is 0 Å². The van der Waals surface area contributed by atoms with Crippen molar-refractivity contribution in [3.63, 3.8) is 0 Å². The highest BCUT2D eigenvalue weighted by Crippen LogP contribution is 2.31. The molecular weight excluding hydrogens is 340 g/mol. The molecule has 1 aromatic heterocycles. The molecule has 0 aliphatic carbocycles. The van der Waals surface area contributed by atoms with Gasteiger partial charge in [0.15, 0.2) is 5.69 Å². The van der Waals surface area contributed by atoms with E-state index in [1.807, 2.05) is 59.3 Å². The van der Waals surface area contributed by atoms with Crippen LogP contribution in [0, 0.1) is 0 Å². The number of rotatable bonds is 4. The highest BCUT2D eigenvalue weighted by Gasteiger charge is 2.20. The summed E-state index contributed by atoms with van der Waals surface area (Å²) >= 11 is 0. The zero-order chi connectivity index (χ0) is 18.8. The molecule has 0 bridgehead atoms. The van der Waals surface area contributed by atoms with Crippen molar-refractivity contribution in [3.05, 3.63) is 66.0 Å². The molecule has 6 heteroatoms. The quantitative estimate of drug-likeness (QED) is 0.747. The first-order valence-corrected chi connectivity index (χ1v) is 8.99. The Bertz CT molecular complexity index is 966. The second-order valence-corrected chi connectivity index (χ2v) is 6.72. The number of carbonyl (C=O) groups excluding carboxylic acids is 1. The molecule has 1 aliphatic heterocycles. The molecule has 1 atom stereocenters. The first-order chi connectivity index (χ1) is 13.1. The van der Waals surface area contributed by atoms with Crippen molar-refractivity contribution >= 4 is 11.6 Å². The van der Waals surface area contributed by atoms with E-state index in [-0.39, 0.29) is 5.91 Å². The van der Waals surface area contributed by atoms with Crippen molar-refractivity contribution in [2.45, 2.75) is 26.1 Å². The fraction of sp³-hybridized carbons (Fsp3) is 0.238. The third-order valence-electron chi connectivity index (χ3n) is 4.73. The predicted molar refractivity (Wildman–Crippen MR) is 105 cm³/mol. The summed E-state index contributed by atoms with van der Waals surface area (Å²) in [5.41, 5.74) is 4.18. The minimum atomic E-state index is -0.240. The van der Waals surface area contributed by atoms with Crippen molar-refractivity contribution in [3.8, 4) is 16.9 Å². The molecular formula is C21H22N4O2. The van der Waals surface area contributed by atoms with Crippen LogP contribution in [-0.4, -0.2) is 28.8 Å². The van der Waals surface area contributed by atoms with Crippen LogP contribution in [0.2, 0.25) is 0 Å². The second kappa shape index (κ2) is 7.25. The Morgan fingerprint density at radius 3 is 2.78 bits per heavy atom. The Kier molecular flexibility index (Phi) is 4.64. The molecule has 2 aromatic carbocycles. The number of anilines is 1. The maximum atomic E-state index is 12.7. The molecule has 2 heterocycles. The summed E-state index contributed by atoms with van der Waals surface area (Å²) in [7, 11) is 1.60. The van der Waals surface area contributed by atoms with Crippen LogP contribution in [0.5, 0.6) is 5.75 Å². The number of hydrogen-bond acceptors (Lipinski definition) is 4. The monoisotopic (exact) mass is 362 g/mol. The van der Waals surface area contributed by atoms with E-state index in [0.717, 1.165) is 29.9 Å². The minimum absolute atomic E-state index is 0.240. The molecule has 6 nitrogen and oxygen atoms in total. The van der Waals surface area contributed by atoms with E-state index in [4.69, 9.17) is 4.74 Å². The molecule has 138 valence electrons. The third-order valence-corrected chi connectivity index (χ3v) is 4.73. The van der Waals surface area contributed by atoms with Gasteiger partial charge in [-0.05, 0) is 36.2 Å². The lowest BCUT2D eigenvalue weighted by atomic mass is 10.0. The van der Waals surface area contributed by atoms with Crippen LogP contribution >= 0.6 is 0 Å². The van der Waals surface area contributed by atoms with Crippen LogP contribution in [0.4, 0.5) is 5.69 Å². The highest BCUT2D eigenvalue weighted by molar-refractivity contribution is 6.04. The Morgan fingerprint density at radius 1 is 1.19 bits per heavy atom. The molecule has 3 aromatic rings. The third kappa shape index (κ3) is 3.57. The van der Waals surface area contributed by atoms with Crippen molar-refractivity contribution in [1.29, 1.82) is 0 Å². The van der Waals surface area contributed by atoms with Gasteiger partial charge in [0.25, 0.3) is 5.91 Å². The van der Waals surface area contributed by atoms with Gasteiger partial charge in [0.1, 0.15) is 5.75 Å². The average Bonchev–Trinajstić information content (AvgIpc) is 3.12. The molecule has 0 saturated heterocycles. The Labute approximate surface area is 158 Å². The maximum Gasteiger partial charge on any atom is 0.276 e. The lowest BCUT2D eigenvalue weighted by Crippen LogP contribution is -2.36. The first-order valence-electron chi connectivity index (χ1n) is 8.99. The second-order valence-electron chi connectivity index (χ2n) is 6.72. The minimum Gasteiger partial charge on any atom is -0.495 e. The number of amides is 1. The SMILES string of the molecule is COc1cc(-c2ccccc2)ccc1NC(=O)c1cc2n(n1)CC(C)NC2. The first kappa shape index (κ1) is 17.3. The fourth-order valence-electron chi connectivity index (χ4n) is 3.26. The van der Waals surface area contributed by atoms with Gasteiger partial charge in [-0.3, -0.25) is 9.48 Å². The van der Waals surface area contributed by atoms with Gasteiger partial charge in [0, 0.05) is 12.6 Å². The summed E-state index contributed by atoms with van der Waals surface area (Å²) in [4.78, 5) is 12.7. The van der Waals surface area contributed by atoms with E-state index >= 15 is 0 Å². The number of carbonyl (C=O) groups is 1. The standard InChI is InChI=1S/C21H22N4O2/c1-14-13-25-17(12-22-14)11-19(24-25)21(26)23-18-9-8-16(10-20(18)27-2)15-6-4-3-5-7-15/h3-11,14,22H,12-13H2,1-2H3,(H,23,26). The molecule has 0 fully saturated rings. The molecule has 1 aliphatic rings. The summed E-state index contributed by atoms with van der Waals surface area (Å²) in [5, 5.41) is 10.7. The summed E-state index contributed by atoms with van der Waals surface area (Å²) < 4.78 is 7.38. The largest absolute Gasteiger partial charge is 0.495 e. The van der Waals surface area contributed by atoms with Crippen LogP contribution in [0.3, 0.4) is 0 Å². The lowest BCUT2D eigenvalue weighted by Gasteiger charge is -2.21. The highest BCUT2D eigenvalue weighted by atomic mass is 16.5. The van der Waals surface area contributed by atoms with Crippen LogP contribution < -0.4 is 15.4 Å². The van der Waals surface area contributed by atoms with Gasteiger partial charge in [-0.1, -0.05) is 36.4 Å². The number of nitrogens with zero attached hydrogens (tertiary/aromatic N) is 2. The zero-order valence-electron chi connectivity index (χ0n) is 15.4. The zero-order valence-corrected chi connectivity index (χ0v) is 15.4. The summed E-state index contributed by atoms with van der Waals surface area (Å²) in [6, 6.07) is 18.0. The summed E-state index contributed by atoms with van der Waals surface area (Å²) in [5.74, 6) is 0.374. The van der Waals surface area contributed by atoms with Gasteiger partial charge in [-0.25, -0.2) is 0 Å². The Balaban J connectivity index is 1.56. The van der Waals surface area contributed by atoms with Gasteiger partial charge in [-0.2, -0.15) is 5.10 Å². The van der Waals surface area contributed by atoms with E-state index < -0.39 is 0 Å². The van der Waals surface area contributed by atoms with Gasteiger partial charge in [0.2, 0.25) is 0 Å². The van der Waals surface area contributed by atoms with Crippen molar-refractivity contribution in [2.24, 2.45) is 0 Å². The Morgan fingerprint density at radius 2 is 2.00 bits per heavy atom. The average molecular weight is 362 g/mol. The van der Waals surface area contributed by atoms with Crippen LogP contribution in [0.1, 0.15) is 23.1 Å². The number of fused-ring (bicyclic) bond motifs is 1. The molecule has 4 rings (SSSR count). The number of ether oxygens (including phenoxy) is 1. The van der Waals surface area contributed by atoms with E-state index in [1.165, 1.54) is 0 Å². The topological polar surface area (TPSA) is 68.2 Å². The molecule has 2 N–H and O–H groups in total. The van der Waals surface area contributed by atoms with Crippen molar-refractivity contribution < 1.29 is 9.53 Å². The molecule has 1 unspecified atom stereocenters. The lowest BCUT2D eigenvalue weighted by molar-refractivity contribution is 0.102. The van der Waals surface area contributed by atoms with Gasteiger partial charge < -0.3 is 15.4 Å². The van der Waals surface area contributed by atoms with E-state index in [2.05, 4.69) is 22.7 Å². The predicted octanol–water partition coefficient (Wildman–Crippen LogP) is 3.30. The van der Waals surface area contributed by atoms with E-state index in [9.17, 15) is 4.79 Å². The number of methoxy groups -OCH3 is 1. The Hall–Kier alpha value is -3.12. The maximum absolute atomic E-state index is 12.7. The van der Waals surface area contributed by atoms with E-state index in [0.29, 0.717) is 23.2 Å². The van der Waals surface area contributed by atoms with Crippen LogP contribution in [0.15, 0.2) is 54.6 Å². The number of nitrogens with one attached hydrogen (secondary N) is 2. The normalized spacial score (nSPS) is 15.9. The summed E-state index contributed by atoms with van der Waals surface area (Å²) in [6.07, 6.45) is 0. The van der Waals surface area contributed by atoms with Crippen LogP contribution in [0.25, 0.3) is 11.1 Å². The van der Waals surface area contributed by atoms with Crippen LogP contribution in [-0.2, 0) is 13.1 Å². The molecule has 0 saturated carbocycles. The number of aromatic nitrogens is 2.